The Hall–Kier alpha value is -4.20. The normalized spacial score (nSPS) is 9.84. The number of nitrogens with zero attached hydrogens (tertiary/aromatic N) is 6. The number of rotatable bonds is 4. The van der Waals surface area contributed by atoms with E-state index in [9.17, 15) is 4.79 Å². The van der Waals surface area contributed by atoms with Crippen LogP contribution in [0.25, 0.3) is 34.2 Å². The van der Waals surface area contributed by atoms with Crippen LogP contribution in [-0.2, 0) is 66.1 Å². The molecule has 240 valence electrons. The summed E-state index contributed by atoms with van der Waals surface area (Å²) in [5, 5.41) is 8.36. The van der Waals surface area contributed by atoms with E-state index < -0.39 is 0 Å². The van der Waals surface area contributed by atoms with Gasteiger partial charge in [-0.3, -0.25) is 14.8 Å². The topological polar surface area (TPSA) is 90.8 Å². The van der Waals surface area contributed by atoms with Gasteiger partial charge in [0, 0.05) is 110 Å². The molecule has 0 amide bonds. The molecule has 6 rings (SSSR count). The standard InChI is InChI=1S/C10H10N2.2C10H9N2.C5H8O2.2Ir.H/c3*1-12-8-7-11-10(12)9-5-3-2-4-6-9;1-4(6)3-5(2)7;;;/h2-8H,1H3;2*2-5,7-8H,1H3;3,6H,1-2H3;;;/q;2*-1;;;;-1/i;;;;;;1+1. The van der Waals surface area contributed by atoms with Gasteiger partial charge in [-0.15, -0.1) is 71.8 Å². The van der Waals surface area contributed by atoms with Gasteiger partial charge in [0.15, 0.2) is 5.78 Å². The van der Waals surface area contributed by atoms with Crippen LogP contribution >= 0.6 is 0 Å². The first-order chi connectivity index (χ1) is 20.8. The third-order valence-electron chi connectivity index (χ3n) is 5.81. The Bertz CT molecular complexity index is 1520. The van der Waals surface area contributed by atoms with E-state index >= 15 is 0 Å². The van der Waals surface area contributed by atoms with Gasteiger partial charge in [0.2, 0.25) is 0 Å². The van der Waals surface area contributed by atoms with Gasteiger partial charge in [0.25, 0.3) is 0 Å². The van der Waals surface area contributed by atoms with Crippen LogP contribution in [0.2, 0.25) is 0 Å². The van der Waals surface area contributed by atoms with E-state index in [4.69, 9.17) is 5.11 Å². The first kappa shape index (κ1) is 38.8. The van der Waals surface area contributed by atoms with Gasteiger partial charge in [-0.25, -0.2) is 4.98 Å². The number of carbonyl (C=O) groups excluding carboxylic acids is 1. The molecule has 0 aliphatic rings. The van der Waals surface area contributed by atoms with Crippen molar-refractivity contribution in [2.75, 3.05) is 0 Å². The van der Waals surface area contributed by atoms with Crippen LogP contribution < -0.4 is 0 Å². The van der Waals surface area contributed by atoms with E-state index in [1.807, 2.05) is 126 Å². The molecule has 0 spiro atoms. The van der Waals surface area contributed by atoms with Crippen LogP contribution in [0.3, 0.4) is 0 Å². The Morgan fingerprint density at radius 2 is 1.07 bits per heavy atom. The summed E-state index contributed by atoms with van der Waals surface area (Å²) in [6.45, 7) is 2.85. The Morgan fingerprint density at radius 3 is 1.36 bits per heavy atom. The third-order valence-corrected chi connectivity index (χ3v) is 5.81. The van der Waals surface area contributed by atoms with Gasteiger partial charge in [-0.1, -0.05) is 30.3 Å². The minimum atomic E-state index is -0.125. The number of aryl methyl sites for hydroxylation is 3. The van der Waals surface area contributed by atoms with Gasteiger partial charge in [-0.2, -0.15) is 0 Å². The Kier molecular flexibility index (Phi) is 17.9. The molecule has 3 heterocycles. The van der Waals surface area contributed by atoms with Crippen LogP contribution in [0.5, 0.6) is 0 Å². The predicted molar refractivity (Wildman–Crippen MR) is 172 cm³/mol. The number of benzene rings is 3. The van der Waals surface area contributed by atoms with E-state index in [0.29, 0.717) is 0 Å². The fraction of sp³-hybridized carbons (Fsp3) is 0.143. The number of aliphatic hydroxyl groups excluding tert-OH is 1. The van der Waals surface area contributed by atoms with Crippen molar-refractivity contribution < 1.29 is 51.5 Å². The maximum absolute atomic E-state index is 10.0. The Labute approximate surface area is 293 Å². The number of hydrogen-bond acceptors (Lipinski definition) is 5. The smallest absolute Gasteiger partial charge is 0.155 e. The Balaban J connectivity index is 0.000000585. The molecule has 10 heteroatoms. The SMILES string of the molecule is CC(=O)C=C(C)O.Cn1ccnc1-c1[c-]cccc1.Cn1ccnc1-c1[c-]cccc1.Cn1ccnc1-c1ccccc1.[2H-].[Ir].[Ir]. The molecule has 3 aromatic heterocycles. The summed E-state index contributed by atoms with van der Waals surface area (Å²) in [4.78, 5) is 22.7. The number of allylic oxidation sites excluding steroid dienone is 2. The molecule has 0 aliphatic carbocycles. The zero-order chi connectivity index (χ0) is 31.0. The van der Waals surface area contributed by atoms with E-state index in [-0.39, 0.29) is 53.2 Å². The summed E-state index contributed by atoms with van der Waals surface area (Å²) in [6, 6.07) is 32.1. The monoisotopic (exact) mass is 960 g/mol. The van der Waals surface area contributed by atoms with Gasteiger partial charge in [0.05, 0.1) is 17.4 Å². The number of imidazole rings is 3. The van der Waals surface area contributed by atoms with E-state index in [1.165, 1.54) is 19.9 Å². The molecule has 0 saturated heterocycles. The molecule has 0 fully saturated rings. The van der Waals surface area contributed by atoms with Crippen LogP contribution in [0.15, 0.2) is 128 Å². The minimum absolute atomic E-state index is 0. The molecule has 0 aliphatic heterocycles. The molecule has 2 radical (unpaired) electrons. The molecule has 6 aromatic rings. The molecular formula is C35H37Ir2N6O2-3. The second kappa shape index (κ2) is 20.7. The minimum Gasteiger partial charge on any atom is -1.00 e. The van der Waals surface area contributed by atoms with E-state index in [1.54, 1.807) is 12.4 Å². The largest absolute Gasteiger partial charge is 1.00 e. The quantitative estimate of drug-likeness (QED) is 0.117. The van der Waals surface area contributed by atoms with Crippen molar-refractivity contribution >= 4 is 5.78 Å². The van der Waals surface area contributed by atoms with E-state index in [0.717, 1.165) is 34.2 Å². The second-order valence-electron chi connectivity index (χ2n) is 9.40. The van der Waals surface area contributed by atoms with Gasteiger partial charge in [-0.05, 0) is 13.8 Å². The van der Waals surface area contributed by atoms with Crippen molar-refractivity contribution in [3.8, 4) is 34.2 Å². The molecule has 0 unspecified atom stereocenters. The van der Waals surface area contributed by atoms with Crippen LogP contribution in [-0.4, -0.2) is 39.5 Å². The fourth-order valence-corrected chi connectivity index (χ4v) is 3.84. The average Bonchev–Trinajstić information content (AvgIpc) is 3.76. The molecule has 0 bridgehead atoms. The van der Waals surface area contributed by atoms with Gasteiger partial charge >= 0.3 is 0 Å². The van der Waals surface area contributed by atoms with E-state index in [2.05, 4.69) is 39.2 Å². The van der Waals surface area contributed by atoms with Crippen LogP contribution in [0.4, 0.5) is 0 Å². The van der Waals surface area contributed by atoms with Gasteiger partial charge in [0.1, 0.15) is 5.82 Å². The number of aliphatic hydroxyl groups is 1. The van der Waals surface area contributed by atoms with Crippen LogP contribution in [0, 0.1) is 12.1 Å². The van der Waals surface area contributed by atoms with Crippen molar-refractivity contribution in [3.63, 3.8) is 0 Å². The summed E-state index contributed by atoms with van der Waals surface area (Å²) in [5.74, 6) is 2.86. The number of hydrogen-bond donors (Lipinski definition) is 1. The summed E-state index contributed by atoms with van der Waals surface area (Å²) < 4.78 is 5.97. The number of carbonyl (C=O) groups is 1. The zero-order valence-corrected chi connectivity index (χ0v) is 30.5. The summed E-state index contributed by atoms with van der Waals surface area (Å²) in [6.07, 6.45) is 12.4. The van der Waals surface area contributed by atoms with Crippen molar-refractivity contribution in [2.45, 2.75) is 13.8 Å². The average molecular weight is 959 g/mol. The maximum atomic E-state index is 10.0. The predicted octanol–water partition coefficient (Wildman–Crippen LogP) is 7.01. The first-order valence-electron chi connectivity index (χ1n) is 13.6. The molecule has 0 atom stereocenters. The first-order valence-corrected chi connectivity index (χ1v) is 13.6. The summed E-state index contributed by atoms with van der Waals surface area (Å²) >= 11 is 0. The van der Waals surface area contributed by atoms with Crippen molar-refractivity contribution in [2.24, 2.45) is 21.1 Å². The zero-order valence-electron chi connectivity index (χ0n) is 26.8. The van der Waals surface area contributed by atoms with Gasteiger partial charge < -0.3 is 20.2 Å². The second-order valence-corrected chi connectivity index (χ2v) is 9.40. The molecule has 0 saturated carbocycles. The fourth-order valence-electron chi connectivity index (χ4n) is 3.84. The number of ketones is 1. The van der Waals surface area contributed by atoms with Crippen molar-refractivity contribution in [1.82, 2.24) is 28.7 Å². The molecule has 45 heavy (non-hydrogen) atoms. The van der Waals surface area contributed by atoms with Crippen molar-refractivity contribution in [1.29, 1.82) is 0 Å². The van der Waals surface area contributed by atoms with Crippen LogP contribution in [0.1, 0.15) is 15.3 Å². The maximum Gasteiger partial charge on any atom is 0.155 e. The summed E-state index contributed by atoms with van der Waals surface area (Å²) in [7, 11) is 5.95. The molecular weight excluding hydrogens is 921 g/mol. The molecule has 3 aromatic carbocycles. The number of aromatic nitrogens is 6. The summed E-state index contributed by atoms with van der Waals surface area (Å²) in [5.41, 5.74) is 3.22. The van der Waals surface area contributed by atoms with Crippen molar-refractivity contribution in [3.05, 3.63) is 140 Å². The molecule has 1 N–H and O–H groups in total. The molecule has 8 nitrogen and oxygen atoms in total. The Morgan fingerprint density at radius 1 is 0.667 bits per heavy atom. The third kappa shape index (κ3) is 13.1.